The lowest BCUT2D eigenvalue weighted by Gasteiger charge is -2.29. The number of hydrogen-bond donors (Lipinski definition) is 0. The molecule has 5 nitrogen and oxygen atoms in total. The number of nitrogens with zero attached hydrogens (tertiary/aromatic N) is 2. The summed E-state index contributed by atoms with van der Waals surface area (Å²) in [7, 11) is 0. The number of imide groups is 1. The zero-order valence-electron chi connectivity index (χ0n) is 14.6. The molecule has 0 spiro atoms. The normalized spacial score (nSPS) is 13.7. The molecule has 0 unspecified atom stereocenters. The molecule has 3 amide bonds. The molecule has 0 atom stereocenters. The Morgan fingerprint density at radius 2 is 1.64 bits per heavy atom. The van der Waals surface area contributed by atoms with Crippen molar-refractivity contribution < 1.29 is 27.6 Å². The van der Waals surface area contributed by atoms with Gasteiger partial charge in [0, 0.05) is 10.2 Å². The minimum atomic E-state index is -5.17. The lowest BCUT2D eigenvalue weighted by atomic mass is 10.1. The quantitative estimate of drug-likeness (QED) is 0.651. The van der Waals surface area contributed by atoms with E-state index in [0.29, 0.717) is 26.3 Å². The molecule has 28 heavy (non-hydrogen) atoms. The summed E-state index contributed by atoms with van der Waals surface area (Å²) in [5.41, 5.74) is 0.644. The van der Waals surface area contributed by atoms with Crippen molar-refractivity contribution in [2.45, 2.75) is 19.5 Å². The third kappa shape index (κ3) is 3.54. The zero-order valence-corrected chi connectivity index (χ0v) is 16.2. The number of halogens is 4. The molecule has 0 saturated carbocycles. The first-order chi connectivity index (χ1) is 13.1. The number of benzene rings is 2. The van der Waals surface area contributed by atoms with Crippen LogP contribution in [0.3, 0.4) is 0 Å². The molecule has 0 aliphatic carbocycles. The highest BCUT2D eigenvalue weighted by Crippen LogP contribution is 2.31. The maximum Gasteiger partial charge on any atom is 0.471 e. The average Bonchev–Trinajstić information content (AvgIpc) is 2.90. The second-order valence-electron chi connectivity index (χ2n) is 6.08. The van der Waals surface area contributed by atoms with E-state index in [-0.39, 0.29) is 16.8 Å². The molecule has 2 aromatic rings. The van der Waals surface area contributed by atoms with Crippen LogP contribution in [-0.4, -0.2) is 35.5 Å². The second kappa shape index (κ2) is 7.38. The number of amides is 3. The van der Waals surface area contributed by atoms with Crippen LogP contribution in [0, 0.1) is 0 Å². The van der Waals surface area contributed by atoms with Crippen molar-refractivity contribution >= 4 is 39.3 Å². The second-order valence-corrected chi connectivity index (χ2v) is 7.00. The van der Waals surface area contributed by atoms with E-state index < -0.39 is 30.6 Å². The molecule has 1 aliphatic rings. The summed E-state index contributed by atoms with van der Waals surface area (Å²) >= 11 is 3.25. The van der Waals surface area contributed by atoms with Crippen LogP contribution >= 0.6 is 15.9 Å². The van der Waals surface area contributed by atoms with Crippen LogP contribution in [0.5, 0.6) is 0 Å². The molecule has 146 valence electrons. The molecule has 0 aromatic heterocycles. The molecule has 1 heterocycles. The molecular weight excluding hydrogens is 441 g/mol. The van der Waals surface area contributed by atoms with Crippen LogP contribution in [0.15, 0.2) is 46.9 Å². The highest BCUT2D eigenvalue weighted by Gasteiger charge is 2.46. The first kappa shape index (κ1) is 20.1. The highest BCUT2D eigenvalue weighted by molar-refractivity contribution is 9.10. The van der Waals surface area contributed by atoms with Crippen molar-refractivity contribution in [3.63, 3.8) is 0 Å². The van der Waals surface area contributed by atoms with Crippen molar-refractivity contribution in [3.05, 3.63) is 63.6 Å². The van der Waals surface area contributed by atoms with E-state index in [1.165, 1.54) is 24.3 Å². The third-order valence-corrected chi connectivity index (χ3v) is 4.86. The standard InChI is InChI=1S/C19H14BrF3N2O3/c1-2-11-9-12(20)7-8-15(11)24(18(28)19(21,22)23)10-25-16(26)13-5-3-4-6-14(13)17(25)27/h3-9H,2,10H2,1H3. The van der Waals surface area contributed by atoms with Gasteiger partial charge in [0.2, 0.25) is 0 Å². The van der Waals surface area contributed by atoms with Gasteiger partial charge in [-0.1, -0.05) is 35.0 Å². The molecule has 2 aromatic carbocycles. The van der Waals surface area contributed by atoms with E-state index >= 15 is 0 Å². The van der Waals surface area contributed by atoms with E-state index in [0.717, 1.165) is 0 Å². The molecule has 0 radical (unpaired) electrons. The average molecular weight is 455 g/mol. The summed E-state index contributed by atoms with van der Waals surface area (Å²) in [6, 6.07) is 10.4. The van der Waals surface area contributed by atoms with Gasteiger partial charge < -0.3 is 0 Å². The molecular formula is C19H14BrF3N2O3. The van der Waals surface area contributed by atoms with Crippen molar-refractivity contribution in [1.82, 2.24) is 4.90 Å². The fourth-order valence-electron chi connectivity index (χ4n) is 3.01. The predicted octanol–water partition coefficient (Wildman–Crippen LogP) is 4.16. The van der Waals surface area contributed by atoms with Crippen LogP contribution in [0.25, 0.3) is 0 Å². The summed E-state index contributed by atoms with van der Waals surface area (Å²) < 4.78 is 40.4. The van der Waals surface area contributed by atoms with Crippen molar-refractivity contribution in [3.8, 4) is 0 Å². The van der Waals surface area contributed by atoms with Gasteiger partial charge in [-0.3, -0.25) is 24.2 Å². The fraction of sp³-hybridized carbons (Fsp3) is 0.211. The monoisotopic (exact) mass is 454 g/mol. The van der Waals surface area contributed by atoms with E-state index in [1.54, 1.807) is 25.1 Å². The summed E-state index contributed by atoms with van der Waals surface area (Å²) in [6.45, 7) is 0.892. The number of carbonyl (C=O) groups excluding carboxylic acids is 3. The van der Waals surface area contributed by atoms with Gasteiger partial charge >= 0.3 is 12.1 Å². The van der Waals surface area contributed by atoms with Gasteiger partial charge in [-0.25, -0.2) is 0 Å². The number of alkyl halides is 3. The number of carbonyl (C=O) groups is 3. The smallest absolute Gasteiger partial charge is 0.285 e. The molecule has 1 aliphatic heterocycles. The van der Waals surface area contributed by atoms with Gasteiger partial charge in [-0.15, -0.1) is 0 Å². The van der Waals surface area contributed by atoms with Gasteiger partial charge in [-0.05, 0) is 42.3 Å². The molecule has 0 saturated heterocycles. The van der Waals surface area contributed by atoms with E-state index in [1.807, 2.05) is 0 Å². The van der Waals surface area contributed by atoms with Crippen LogP contribution < -0.4 is 4.90 Å². The fourth-order valence-corrected chi connectivity index (χ4v) is 3.42. The SMILES string of the molecule is CCc1cc(Br)ccc1N(CN1C(=O)c2ccccc2C1=O)C(=O)C(F)(F)F. The Labute approximate surface area is 166 Å². The van der Waals surface area contributed by atoms with Gasteiger partial charge in [0.25, 0.3) is 11.8 Å². The van der Waals surface area contributed by atoms with Crippen LogP contribution in [-0.2, 0) is 11.2 Å². The molecule has 0 fully saturated rings. The van der Waals surface area contributed by atoms with Gasteiger partial charge in [0.05, 0.1) is 11.1 Å². The molecule has 0 bridgehead atoms. The van der Waals surface area contributed by atoms with E-state index in [4.69, 9.17) is 0 Å². The highest BCUT2D eigenvalue weighted by atomic mass is 79.9. The Hall–Kier alpha value is -2.68. The van der Waals surface area contributed by atoms with Crippen LogP contribution in [0.4, 0.5) is 18.9 Å². The lowest BCUT2D eigenvalue weighted by molar-refractivity contribution is -0.170. The Balaban J connectivity index is 2.04. The Bertz CT molecular complexity index is 940. The Morgan fingerprint density at radius 1 is 1.07 bits per heavy atom. The third-order valence-electron chi connectivity index (χ3n) is 4.36. The number of aryl methyl sites for hydroxylation is 1. The van der Waals surface area contributed by atoms with Crippen molar-refractivity contribution in [2.24, 2.45) is 0 Å². The number of rotatable bonds is 4. The summed E-state index contributed by atoms with van der Waals surface area (Å²) in [5, 5.41) is 0. The summed E-state index contributed by atoms with van der Waals surface area (Å²) in [4.78, 5) is 38.3. The number of anilines is 1. The first-order valence-electron chi connectivity index (χ1n) is 8.27. The van der Waals surface area contributed by atoms with Gasteiger partial charge in [-0.2, -0.15) is 13.2 Å². The van der Waals surface area contributed by atoms with Gasteiger partial charge in [0.1, 0.15) is 6.67 Å². The minimum Gasteiger partial charge on any atom is -0.285 e. The summed E-state index contributed by atoms with van der Waals surface area (Å²) in [5.74, 6) is -3.63. The zero-order chi connectivity index (χ0) is 20.6. The van der Waals surface area contributed by atoms with E-state index in [9.17, 15) is 27.6 Å². The topological polar surface area (TPSA) is 57.7 Å². The Kier molecular flexibility index (Phi) is 5.29. The maximum absolute atomic E-state index is 13.2. The van der Waals surface area contributed by atoms with E-state index in [2.05, 4.69) is 15.9 Å². The number of hydrogen-bond acceptors (Lipinski definition) is 3. The summed E-state index contributed by atoms with van der Waals surface area (Å²) in [6.07, 6.45) is -4.82. The molecule has 3 rings (SSSR count). The van der Waals surface area contributed by atoms with Crippen LogP contribution in [0.1, 0.15) is 33.2 Å². The molecule has 9 heteroatoms. The lowest BCUT2D eigenvalue weighted by Crippen LogP contribution is -2.49. The Morgan fingerprint density at radius 3 is 2.14 bits per heavy atom. The van der Waals surface area contributed by atoms with Crippen molar-refractivity contribution in [1.29, 1.82) is 0 Å². The number of fused-ring (bicyclic) bond motifs is 1. The maximum atomic E-state index is 13.2. The van der Waals surface area contributed by atoms with Crippen molar-refractivity contribution in [2.75, 3.05) is 11.6 Å². The largest absolute Gasteiger partial charge is 0.471 e. The predicted molar refractivity (Wildman–Crippen MR) is 98.9 cm³/mol. The minimum absolute atomic E-state index is 0.00965. The molecule has 0 N–H and O–H groups in total. The first-order valence-corrected chi connectivity index (χ1v) is 9.06. The van der Waals surface area contributed by atoms with Crippen LogP contribution in [0.2, 0.25) is 0 Å². The van der Waals surface area contributed by atoms with Gasteiger partial charge in [0.15, 0.2) is 0 Å².